The Balaban J connectivity index is 2.27. The van der Waals surface area contributed by atoms with E-state index >= 15 is 0 Å². The molecule has 0 saturated heterocycles. The van der Waals surface area contributed by atoms with Gasteiger partial charge in [-0.2, -0.15) is 0 Å². The molecule has 0 aromatic heterocycles. The molecule has 150 valence electrons. The fourth-order valence-corrected chi connectivity index (χ4v) is 3.70. The van der Waals surface area contributed by atoms with Crippen LogP contribution >= 0.6 is 0 Å². The van der Waals surface area contributed by atoms with Crippen LogP contribution in [0.1, 0.15) is 24.1 Å². The van der Waals surface area contributed by atoms with E-state index in [1.54, 1.807) is 57.3 Å². The van der Waals surface area contributed by atoms with Gasteiger partial charge >= 0.3 is 0 Å². The highest BCUT2D eigenvalue weighted by atomic mass is 32.2. The lowest BCUT2D eigenvalue weighted by Crippen LogP contribution is -2.42. The van der Waals surface area contributed by atoms with Crippen LogP contribution < -0.4 is 4.31 Å². The van der Waals surface area contributed by atoms with Gasteiger partial charge in [-0.05, 0) is 31.0 Å². The predicted molar refractivity (Wildman–Crippen MR) is 108 cm³/mol. The zero-order valence-electron chi connectivity index (χ0n) is 16.2. The van der Waals surface area contributed by atoms with E-state index < -0.39 is 26.9 Å². The summed E-state index contributed by atoms with van der Waals surface area (Å²) in [6.45, 7) is 3.14. The van der Waals surface area contributed by atoms with E-state index in [1.165, 1.54) is 17.0 Å². The summed E-state index contributed by atoms with van der Waals surface area (Å²) in [6.07, 6.45) is 1.05. The average molecular weight is 405 g/mol. The second-order valence-electron chi connectivity index (χ2n) is 6.59. The molecule has 2 aromatic rings. The number of nitro groups is 1. The van der Waals surface area contributed by atoms with Crippen molar-refractivity contribution in [3.63, 3.8) is 0 Å². The van der Waals surface area contributed by atoms with E-state index in [0.717, 1.165) is 16.1 Å². The molecule has 0 saturated carbocycles. The van der Waals surface area contributed by atoms with Crippen LogP contribution in [0.3, 0.4) is 0 Å². The number of rotatable bonds is 7. The Morgan fingerprint density at radius 1 is 1.18 bits per heavy atom. The van der Waals surface area contributed by atoms with Crippen LogP contribution in [-0.2, 0) is 14.8 Å². The number of nitrogens with zero attached hydrogens (tertiary/aromatic N) is 3. The summed E-state index contributed by atoms with van der Waals surface area (Å²) in [7, 11) is -2.14. The van der Waals surface area contributed by atoms with Crippen LogP contribution in [0.15, 0.2) is 48.5 Å². The van der Waals surface area contributed by atoms with Crippen molar-refractivity contribution in [1.29, 1.82) is 0 Å². The lowest BCUT2D eigenvalue weighted by molar-refractivity contribution is -0.384. The maximum absolute atomic E-state index is 12.8. The largest absolute Gasteiger partial charge is 0.337 e. The Labute approximate surface area is 164 Å². The molecule has 1 unspecified atom stereocenters. The molecule has 0 aliphatic rings. The Bertz CT molecular complexity index is 991. The van der Waals surface area contributed by atoms with Crippen LogP contribution in [-0.4, -0.2) is 44.0 Å². The molecule has 2 rings (SSSR count). The van der Waals surface area contributed by atoms with Gasteiger partial charge in [0, 0.05) is 19.2 Å². The minimum Gasteiger partial charge on any atom is -0.337 e. The molecule has 0 aliphatic heterocycles. The van der Waals surface area contributed by atoms with Crippen molar-refractivity contribution in [1.82, 2.24) is 4.90 Å². The highest BCUT2D eigenvalue weighted by Crippen LogP contribution is 2.25. The van der Waals surface area contributed by atoms with Crippen molar-refractivity contribution in [2.45, 2.75) is 19.9 Å². The number of likely N-dealkylation sites (N-methyl/N-ethyl adjacent to an activating group) is 1. The number of hydrogen-bond acceptors (Lipinski definition) is 5. The van der Waals surface area contributed by atoms with Crippen molar-refractivity contribution in [3.8, 4) is 0 Å². The Hall–Kier alpha value is -2.94. The summed E-state index contributed by atoms with van der Waals surface area (Å²) in [5.41, 5.74) is 1.69. The first-order valence-electron chi connectivity index (χ1n) is 8.55. The molecule has 0 spiro atoms. The van der Waals surface area contributed by atoms with Crippen molar-refractivity contribution < 1.29 is 18.1 Å². The molecule has 2 aromatic carbocycles. The van der Waals surface area contributed by atoms with Crippen LogP contribution in [0.5, 0.6) is 0 Å². The summed E-state index contributed by atoms with van der Waals surface area (Å²) >= 11 is 0. The van der Waals surface area contributed by atoms with Crippen molar-refractivity contribution >= 4 is 27.3 Å². The molecule has 0 N–H and O–H groups in total. The molecule has 28 heavy (non-hydrogen) atoms. The van der Waals surface area contributed by atoms with Gasteiger partial charge in [-0.25, -0.2) is 8.42 Å². The SMILES string of the molecule is Cc1ccccc1N(CC(=O)N(C)C(C)c1cccc([N+](=O)[O-])c1)S(C)(=O)=O. The minimum absolute atomic E-state index is 0.0668. The molecule has 0 aliphatic carbocycles. The lowest BCUT2D eigenvalue weighted by Gasteiger charge is -2.29. The summed E-state index contributed by atoms with van der Waals surface area (Å²) in [6, 6.07) is 12.5. The number of hydrogen-bond donors (Lipinski definition) is 0. The first kappa shape index (κ1) is 21.4. The van der Waals surface area contributed by atoms with Crippen molar-refractivity contribution in [2.24, 2.45) is 0 Å². The highest BCUT2D eigenvalue weighted by Gasteiger charge is 2.26. The molecule has 1 atom stereocenters. The van der Waals surface area contributed by atoms with Gasteiger partial charge in [0.2, 0.25) is 15.9 Å². The van der Waals surface area contributed by atoms with Gasteiger partial charge in [0.15, 0.2) is 0 Å². The molecule has 0 radical (unpaired) electrons. The van der Waals surface area contributed by atoms with Gasteiger partial charge in [-0.15, -0.1) is 0 Å². The van der Waals surface area contributed by atoms with E-state index in [-0.39, 0.29) is 12.2 Å². The van der Waals surface area contributed by atoms with Crippen LogP contribution in [0, 0.1) is 17.0 Å². The average Bonchev–Trinajstić information content (AvgIpc) is 2.64. The van der Waals surface area contributed by atoms with Crippen molar-refractivity contribution in [2.75, 3.05) is 24.2 Å². The Morgan fingerprint density at radius 3 is 2.39 bits per heavy atom. The Kier molecular flexibility index (Phi) is 6.40. The van der Waals surface area contributed by atoms with Gasteiger partial charge < -0.3 is 4.90 Å². The van der Waals surface area contributed by atoms with Gasteiger partial charge in [-0.1, -0.05) is 30.3 Å². The lowest BCUT2D eigenvalue weighted by atomic mass is 10.1. The van der Waals surface area contributed by atoms with Crippen LogP contribution in [0.25, 0.3) is 0 Å². The number of aryl methyl sites for hydroxylation is 1. The third-order valence-electron chi connectivity index (χ3n) is 4.60. The minimum atomic E-state index is -3.68. The smallest absolute Gasteiger partial charge is 0.269 e. The molecule has 1 amide bonds. The second kappa shape index (κ2) is 8.39. The molecule has 0 bridgehead atoms. The van der Waals surface area contributed by atoms with E-state index in [0.29, 0.717) is 11.3 Å². The summed E-state index contributed by atoms with van der Waals surface area (Å²) in [4.78, 5) is 24.7. The fourth-order valence-electron chi connectivity index (χ4n) is 2.80. The predicted octanol–water partition coefficient (Wildman–Crippen LogP) is 2.89. The number of nitro benzene ring substituents is 1. The van der Waals surface area contributed by atoms with Gasteiger partial charge in [-0.3, -0.25) is 19.2 Å². The Morgan fingerprint density at radius 2 is 1.82 bits per heavy atom. The molecular formula is C19H23N3O5S. The summed E-state index contributed by atoms with van der Waals surface area (Å²) in [5, 5.41) is 11.0. The third kappa shape index (κ3) is 4.86. The molecule has 8 nitrogen and oxygen atoms in total. The number of sulfonamides is 1. The topological polar surface area (TPSA) is 101 Å². The number of para-hydroxylation sites is 1. The number of amides is 1. The van der Waals surface area contributed by atoms with Gasteiger partial charge in [0.25, 0.3) is 5.69 Å². The van der Waals surface area contributed by atoms with Crippen LogP contribution in [0.2, 0.25) is 0 Å². The summed E-state index contributed by atoms with van der Waals surface area (Å²) in [5.74, 6) is -0.423. The maximum atomic E-state index is 12.8. The molecule has 0 heterocycles. The van der Waals surface area contributed by atoms with Gasteiger partial charge in [0.1, 0.15) is 6.54 Å². The zero-order valence-corrected chi connectivity index (χ0v) is 17.0. The second-order valence-corrected chi connectivity index (χ2v) is 8.50. The molecular weight excluding hydrogens is 382 g/mol. The van der Waals surface area contributed by atoms with Crippen molar-refractivity contribution in [3.05, 3.63) is 69.8 Å². The van der Waals surface area contributed by atoms with Gasteiger partial charge in [0.05, 0.1) is 22.9 Å². The summed E-state index contributed by atoms with van der Waals surface area (Å²) < 4.78 is 25.6. The van der Waals surface area contributed by atoms with E-state index in [9.17, 15) is 23.3 Å². The maximum Gasteiger partial charge on any atom is 0.269 e. The van der Waals surface area contributed by atoms with E-state index in [4.69, 9.17) is 0 Å². The molecule has 0 fully saturated rings. The molecule has 9 heteroatoms. The number of carbonyl (C=O) groups excluding carboxylic acids is 1. The highest BCUT2D eigenvalue weighted by molar-refractivity contribution is 7.92. The first-order valence-corrected chi connectivity index (χ1v) is 10.4. The number of carbonyl (C=O) groups is 1. The zero-order chi connectivity index (χ0) is 21.1. The number of anilines is 1. The first-order chi connectivity index (χ1) is 13.0. The number of non-ortho nitro benzene ring substituents is 1. The van der Waals surface area contributed by atoms with E-state index in [2.05, 4.69) is 0 Å². The monoisotopic (exact) mass is 405 g/mol. The quantitative estimate of drug-likeness (QED) is 0.521. The fraction of sp³-hybridized carbons (Fsp3) is 0.316. The van der Waals surface area contributed by atoms with E-state index in [1.807, 2.05) is 0 Å². The number of benzene rings is 2. The normalized spacial score (nSPS) is 12.3. The van der Waals surface area contributed by atoms with Crippen LogP contribution in [0.4, 0.5) is 11.4 Å². The third-order valence-corrected chi connectivity index (χ3v) is 5.73. The standard InChI is InChI=1S/C19H23N3O5S/c1-14-8-5-6-11-18(14)21(28(4,26)27)13-19(23)20(3)15(2)16-9-7-10-17(12-16)22(24)25/h5-12,15H,13H2,1-4H3.